The largest absolute Gasteiger partial charge is 0.299 e. The molecule has 0 saturated heterocycles. The fourth-order valence-electron chi connectivity index (χ4n) is 1.07. The second-order valence-corrected chi connectivity index (χ2v) is 3.00. The van der Waals surface area contributed by atoms with Gasteiger partial charge in [-0.2, -0.15) is 0 Å². The van der Waals surface area contributed by atoms with Crippen LogP contribution in [-0.2, 0) is 4.79 Å². The second-order valence-electron chi connectivity index (χ2n) is 3.00. The summed E-state index contributed by atoms with van der Waals surface area (Å²) in [5, 5.41) is 0. The van der Waals surface area contributed by atoms with Crippen LogP contribution < -0.4 is 0 Å². The van der Waals surface area contributed by atoms with Crippen molar-refractivity contribution in [2.75, 3.05) is 0 Å². The first-order chi connectivity index (χ1) is 6.02. The van der Waals surface area contributed by atoms with Crippen LogP contribution in [0.4, 0.5) is 8.78 Å². The van der Waals surface area contributed by atoms with E-state index in [-0.39, 0.29) is 11.3 Å². The maximum absolute atomic E-state index is 13.1. The molecule has 1 atom stereocenters. The number of hydrogen-bond acceptors (Lipinski definition) is 1. The first kappa shape index (κ1) is 9.84. The van der Waals surface area contributed by atoms with Gasteiger partial charge in [0.2, 0.25) is 0 Å². The number of Topliss-reactive ketones (excluding diaryl/α,β-unsaturated/α-hetero) is 1. The Morgan fingerprint density at radius 2 is 2.00 bits per heavy atom. The molecule has 0 aliphatic carbocycles. The van der Waals surface area contributed by atoms with E-state index in [4.69, 9.17) is 0 Å². The maximum Gasteiger partial charge on any atom is 0.137 e. The first-order valence-corrected chi connectivity index (χ1v) is 3.97. The zero-order chi connectivity index (χ0) is 10.0. The molecule has 1 rings (SSSR count). The molecule has 1 aromatic carbocycles. The molecular formula is C10H10F2O. The van der Waals surface area contributed by atoms with Crippen LogP contribution in [0.15, 0.2) is 18.2 Å². The molecule has 3 heteroatoms. The molecule has 0 aromatic heterocycles. The third-order valence-electron chi connectivity index (χ3n) is 2.03. The minimum Gasteiger partial charge on any atom is -0.299 e. The lowest BCUT2D eigenvalue weighted by atomic mass is 9.97. The average molecular weight is 184 g/mol. The van der Waals surface area contributed by atoms with Gasteiger partial charge in [-0.15, -0.1) is 0 Å². The SMILES string of the molecule is CC(=O)C(C)c1cc(F)ccc1F. The fraction of sp³-hybridized carbons (Fsp3) is 0.300. The second kappa shape index (κ2) is 3.64. The molecule has 0 spiro atoms. The van der Waals surface area contributed by atoms with E-state index in [1.807, 2.05) is 0 Å². The van der Waals surface area contributed by atoms with Crippen molar-refractivity contribution in [3.63, 3.8) is 0 Å². The van der Waals surface area contributed by atoms with Gasteiger partial charge in [-0.05, 0) is 25.1 Å². The van der Waals surface area contributed by atoms with Crippen LogP contribution in [0.2, 0.25) is 0 Å². The van der Waals surface area contributed by atoms with Crippen molar-refractivity contribution < 1.29 is 13.6 Å². The van der Waals surface area contributed by atoms with Crippen LogP contribution in [0, 0.1) is 11.6 Å². The zero-order valence-corrected chi connectivity index (χ0v) is 7.47. The van der Waals surface area contributed by atoms with Gasteiger partial charge in [-0.3, -0.25) is 4.79 Å². The highest BCUT2D eigenvalue weighted by Gasteiger charge is 2.15. The lowest BCUT2D eigenvalue weighted by Crippen LogP contribution is -2.06. The van der Waals surface area contributed by atoms with Gasteiger partial charge in [0.15, 0.2) is 0 Å². The maximum atomic E-state index is 13.1. The van der Waals surface area contributed by atoms with E-state index in [0.29, 0.717) is 0 Å². The van der Waals surface area contributed by atoms with Gasteiger partial charge < -0.3 is 0 Å². The highest BCUT2D eigenvalue weighted by atomic mass is 19.1. The fourth-order valence-corrected chi connectivity index (χ4v) is 1.07. The lowest BCUT2D eigenvalue weighted by molar-refractivity contribution is -0.118. The molecule has 1 aromatic rings. The molecule has 0 fully saturated rings. The highest BCUT2D eigenvalue weighted by Crippen LogP contribution is 2.20. The van der Waals surface area contributed by atoms with E-state index in [0.717, 1.165) is 18.2 Å². The summed E-state index contributed by atoms with van der Waals surface area (Å²) in [4.78, 5) is 10.9. The van der Waals surface area contributed by atoms with E-state index in [2.05, 4.69) is 0 Å². The van der Waals surface area contributed by atoms with Gasteiger partial charge in [0.25, 0.3) is 0 Å². The Bertz CT molecular complexity index is 334. The summed E-state index contributed by atoms with van der Waals surface area (Å²) in [5.74, 6) is -1.83. The van der Waals surface area contributed by atoms with E-state index >= 15 is 0 Å². The number of carbonyl (C=O) groups is 1. The standard InChI is InChI=1S/C10H10F2O/c1-6(7(2)13)9-5-8(11)3-4-10(9)12/h3-6H,1-2H3. The summed E-state index contributed by atoms with van der Waals surface area (Å²) in [6, 6.07) is 3.12. The van der Waals surface area contributed by atoms with Gasteiger partial charge in [-0.1, -0.05) is 6.92 Å². The Balaban J connectivity index is 3.12. The van der Waals surface area contributed by atoms with Crippen molar-refractivity contribution in [3.8, 4) is 0 Å². The normalized spacial score (nSPS) is 12.6. The van der Waals surface area contributed by atoms with Gasteiger partial charge in [0, 0.05) is 11.5 Å². The lowest BCUT2D eigenvalue weighted by Gasteiger charge is -2.08. The van der Waals surface area contributed by atoms with Crippen molar-refractivity contribution in [1.29, 1.82) is 0 Å². The summed E-state index contributed by atoms with van der Waals surface area (Å²) in [7, 11) is 0. The number of ketones is 1. The summed E-state index contributed by atoms with van der Waals surface area (Å²) in [5.41, 5.74) is 0.118. The van der Waals surface area contributed by atoms with Crippen molar-refractivity contribution in [3.05, 3.63) is 35.4 Å². The molecule has 0 N–H and O–H groups in total. The van der Waals surface area contributed by atoms with Gasteiger partial charge in [0.1, 0.15) is 17.4 Å². The van der Waals surface area contributed by atoms with Gasteiger partial charge >= 0.3 is 0 Å². The van der Waals surface area contributed by atoms with Crippen molar-refractivity contribution in [2.24, 2.45) is 0 Å². The smallest absolute Gasteiger partial charge is 0.137 e. The van der Waals surface area contributed by atoms with Crippen LogP contribution in [0.25, 0.3) is 0 Å². The summed E-state index contributed by atoms with van der Waals surface area (Å²) < 4.78 is 25.8. The van der Waals surface area contributed by atoms with E-state index < -0.39 is 17.6 Å². The van der Waals surface area contributed by atoms with Crippen LogP contribution in [0.5, 0.6) is 0 Å². The molecule has 0 saturated carbocycles. The van der Waals surface area contributed by atoms with Crippen molar-refractivity contribution >= 4 is 5.78 Å². The predicted molar refractivity (Wildman–Crippen MR) is 45.5 cm³/mol. The van der Waals surface area contributed by atoms with Crippen LogP contribution in [0.1, 0.15) is 25.3 Å². The monoisotopic (exact) mass is 184 g/mol. The third-order valence-corrected chi connectivity index (χ3v) is 2.03. The Morgan fingerprint density at radius 1 is 1.38 bits per heavy atom. The molecule has 1 nitrogen and oxygen atoms in total. The highest BCUT2D eigenvalue weighted by molar-refractivity contribution is 5.82. The Hall–Kier alpha value is -1.25. The van der Waals surface area contributed by atoms with Crippen molar-refractivity contribution in [1.82, 2.24) is 0 Å². The molecule has 0 amide bonds. The topological polar surface area (TPSA) is 17.1 Å². The van der Waals surface area contributed by atoms with E-state index in [1.165, 1.54) is 6.92 Å². The quantitative estimate of drug-likeness (QED) is 0.690. The predicted octanol–water partition coefficient (Wildman–Crippen LogP) is 2.66. The molecule has 0 bridgehead atoms. The van der Waals surface area contributed by atoms with Gasteiger partial charge in [-0.25, -0.2) is 8.78 Å². The Kier molecular flexibility index (Phi) is 2.76. The third kappa shape index (κ3) is 2.11. The van der Waals surface area contributed by atoms with Crippen LogP contribution >= 0.6 is 0 Å². The summed E-state index contributed by atoms with van der Waals surface area (Å²) in [6.07, 6.45) is 0. The number of carbonyl (C=O) groups excluding carboxylic acids is 1. The minimum atomic E-state index is -0.587. The van der Waals surface area contributed by atoms with Crippen LogP contribution in [0.3, 0.4) is 0 Å². The minimum absolute atomic E-state index is 0.118. The average Bonchev–Trinajstić information content (AvgIpc) is 2.08. The summed E-state index contributed by atoms with van der Waals surface area (Å²) >= 11 is 0. The number of benzene rings is 1. The zero-order valence-electron chi connectivity index (χ0n) is 7.47. The number of halogens is 2. The van der Waals surface area contributed by atoms with Crippen LogP contribution in [-0.4, -0.2) is 5.78 Å². The molecule has 0 aliphatic heterocycles. The summed E-state index contributed by atoms with van der Waals surface area (Å²) in [6.45, 7) is 2.91. The Labute approximate surface area is 75.4 Å². The Morgan fingerprint density at radius 3 is 2.54 bits per heavy atom. The molecule has 13 heavy (non-hydrogen) atoms. The molecule has 0 heterocycles. The number of rotatable bonds is 2. The van der Waals surface area contributed by atoms with E-state index in [1.54, 1.807) is 6.92 Å². The van der Waals surface area contributed by atoms with Crippen molar-refractivity contribution in [2.45, 2.75) is 19.8 Å². The van der Waals surface area contributed by atoms with Gasteiger partial charge in [0.05, 0.1) is 0 Å². The number of hydrogen-bond donors (Lipinski definition) is 0. The molecule has 0 radical (unpaired) electrons. The molecule has 1 unspecified atom stereocenters. The van der Waals surface area contributed by atoms with E-state index in [9.17, 15) is 13.6 Å². The molecule has 0 aliphatic rings. The molecule has 70 valence electrons. The molecular weight excluding hydrogens is 174 g/mol. The first-order valence-electron chi connectivity index (χ1n) is 3.97.